The van der Waals surface area contributed by atoms with E-state index < -0.39 is 0 Å². The van der Waals surface area contributed by atoms with Gasteiger partial charge in [-0.2, -0.15) is 0 Å². The van der Waals surface area contributed by atoms with Crippen LogP contribution in [-0.2, 0) is 21.4 Å². The molecule has 0 aromatic heterocycles. The molecule has 4 aliphatic rings. The summed E-state index contributed by atoms with van der Waals surface area (Å²) in [5.41, 5.74) is 3.44. The quantitative estimate of drug-likeness (QED) is 0.801. The molecule has 1 aromatic carbocycles. The average Bonchev–Trinajstić information content (AvgIpc) is 3.06. The number of ether oxygens (including phenoxy) is 1. The van der Waals surface area contributed by atoms with Crippen LogP contribution in [0.3, 0.4) is 0 Å². The summed E-state index contributed by atoms with van der Waals surface area (Å²) in [4.78, 5) is 15.3. The largest absolute Gasteiger partial charge is 0.375 e. The van der Waals surface area contributed by atoms with Gasteiger partial charge in [-0.25, -0.2) is 0 Å². The summed E-state index contributed by atoms with van der Waals surface area (Å²) in [6.07, 6.45) is 8.04. The van der Waals surface area contributed by atoms with E-state index in [1.54, 1.807) is 5.56 Å². The van der Waals surface area contributed by atoms with E-state index in [9.17, 15) is 4.79 Å². The zero-order valence-corrected chi connectivity index (χ0v) is 16.8. The molecular weight excluding hydrogens is 360 g/mol. The molecule has 0 bridgehead atoms. The lowest BCUT2D eigenvalue weighted by Crippen LogP contribution is -2.54. The van der Waals surface area contributed by atoms with Gasteiger partial charge in [0.1, 0.15) is 0 Å². The number of hydrogen-bond donors (Lipinski definition) is 1. The highest BCUT2D eigenvalue weighted by Crippen LogP contribution is 2.46. The van der Waals surface area contributed by atoms with E-state index in [-0.39, 0.29) is 18.3 Å². The normalized spacial score (nSPS) is 31.7. The van der Waals surface area contributed by atoms with Crippen molar-refractivity contribution in [1.29, 1.82) is 0 Å². The molecule has 2 aliphatic carbocycles. The number of fused-ring (bicyclic) bond motifs is 3. The Bertz CT molecular complexity index is 687. The van der Waals surface area contributed by atoms with E-state index in [2.05, 4.69) is 34.5 Å². The SMILES string of the molecule is Cl.O=C([C@H]1CC[C@H]2OCCN[C@@H]2C1)N1CCC2(CCc3ccccc32)CC1. The van der Waals surface area contributed by atoms with Crippen molar-refractivity contribution < 1.29 is 9.53 Å². The second-order valence-corrected chi connectivity index (χ2v) is 8.74. The van der Waals surface area contributed by atoms with Gasteiger partial charge in [-0.3, -0.25) is 4.79 Å². The highest BCUT2D eigenvalue weighted by Gasteiger charge is 2.43. The van der Waals surface area contributed by atoms with E-state index in [1.807, 2.05) is 0 Å². The third kappa shape index (κ3) is 3.41. The zero-order chi connectivity index (χ0) is 17.6. The number of carbonyl (C=O) groups excluding carboxylic acids is 1. The lowest BCUT2D eigenvalue weighted by atomic mass is 9.73. The molecule has 2 saturated heterocycles. The van der Waals surface area contributed by atoms with Crippen LogP contribution in [0.2, 0.25) is 0 Å². The second-order valence-electron chi connectivity index (χ2n) is 8.74. The topological polar surface area (TPSA) is 41.6 Å². The van der Waals surface area contributed by atoms with Gasteiger partial charge < -0.3 is 15.0 Å². The summed E-state index contributed by atoms with van der Waals surface area (Å²) < 4.78 is 5.86. The third-order valence-corrected chi connectivity index (χ3v) is 7.47. The Hall–Kier alpha value is -1.10. The molecule has 5 rings (SSSR count). The highest BCUT2D eigenvalue weighted by atomic mass is 35.5. The number of carbonyl (C=O) groups is 1. The minimum Gasteiger partial charge on any atom is -0.375 e. The Morgan fingerprint density at radius 3 is 2.81 bits per heavy atom. The fraction of sp³-hybridized carbons (Fsp3) is 0.682. The molecule has 148 valence electrons. The number of nitrogens with one attached hydrogen (secondary N) is 1. The Balaban J connectivity index is 0.00000180. The predicted molar refractivity (Wildman–Crippen MR) is 108 cm³/mol. The lowest BCUT2D eigenvalue weighted by molar-refractivity contribution is -0.140. The van der Waals surface area contributed by atoms with Crippen molar-refractivity contribution in [2.24, 2.45) is 5.92 Å². The van der Waals surface area contributed by atoms with Crippen molar-refractivity contribution in [1.82, 2.24) is 10.2 Å². The van der Waals surface area contributed by atoms with Crippen LogP contribution < -0.4 is 5.32 Å². The van der Waals surface area contributed by atoms with E-state index in [0.717, 1.165) is 58.3 Å². The number of amides is 1. The maximum absolute atomic E-state index is 13.1. The van der Waals surface area contributed by atoms with E-state index >= 15 is 0 Å². The van der Waals surface area contributed by atoms with Gasteiger partial charge in [-0.1, -0.05) is 24.3 Å². The average molecular weight is 391 g/mol. The number of hydrogen-bond acceptors (Lipinski definition) is 3. The Labute approximate surface area is 168 Å². The van der Waals surface area contributed by atoms with E-state index in [1.165, 1.54) is 18.4 Å². The maximum atomic E-state index is 13.1. The number of likely N-dealkylation sites (tertiary alicyclic amines) is 1. The summed E-state index contributed by atoms with van der Waals surface area (Å²) in [7, 11) is 0. The van der Waals surface area contributed by atoms with Crippen molar-refractivity contribution in [2.45, 2.75) is 62.5 Å². The molecule has 1 amide bonds. The lowest BCUT2D eigenvalue weighted by Gasteiger charge is -2.43. The Kier molecular flexibility index (Phi) is 5.50. The second kappa shape index (κ2) is 7.73. The fourth-order valence-electron chi connectivity index (χ4n) is 5.93. The molecule has 1 N–H and O–H groups in total. The smallest absolute Gasteiger partial charge is 0.225 e. The standard InChI is InChI=1S/C22H30N2O2.ClH/c25-21(17-5-6-20-19(15-17)23-11-14-26-20)24-12-9-22(10-13-24)8-7-16-3-1-2-4-18(16)22;/h1-4,17,19-20,23H,5-15H2;1H/t17-,19+,20+;/m0./s1. The van der Waals surface area contributed by atoms with Gasteiger partial charge in [-0.05, 0) is 61.5 Å². The monoisotopic (exact) mass is 390 g/mol. The molecule has 3 atom stereocenters. The highest BCUT2D eigenvalue weighted by molar-refractivity contribution is 5.85. The molecule has 1 spiro atoms. The number of morpholine rings is 1. The van der Waals surface area contributed by atoms with Gasteiger partial charge in [0.05, 0.1) is 12.7 Å². The van der Waals surface area contributed by atoms with Crippen LogP contribution in [0.25, 0.3) is 0 Å². The van der Waals surface area contributed by atoms with Crippen molar-refractivity contribution >= 4 is 18.3 Å². The van der Waals surface area contributed by atoms with Crippen LogP contribution in [0.1, 0.15) is 49.7 Å². The minimum atomic E-state index is 0. The van der Waals surface area contributed by atoms with Gasteiger partial charge in [0.2, 0.25) is 5.91 Å². The first-order chi connectivity index (χ1) is 12.8. The number of piperidine rings is 1. The molecular formula is C22H31ClN2O2. The van der Waals surface area contributed by atoms with Gasteiger partial charge >= 0.3 is 0 Å². The van der Waals surface area contributed by atoms with Crippen molar-refractivity contribution in [3.8, 4) is 0 Å². The van der Waals surface area contributed by atoms with Crippen LogP contribution >= 0.6 is 12.4 Å². The zero-order valence-electron chi connectivity index (χ0n) is 16.0. The number of rotatable bonds is 1. The number of nitrogens with zero attached hydrogens (tertiary/aromatic N) is 1. The summed E-state index contributed by atoms with van der Waals surface area (Å²) in [5, 5.41) is 3.56. The van der Waals surface area contributed by atoms with Gasteiger partial charge in [-0.15, -0.1) is 12.4 Å². The molecule has 27 heavy (non-hydrogen) atoms. The summed E-state index contributed by atoms with van der Waals surface area (Å²) in [6, 6.07) is 9.34. The summed E-state index contributed by atoms with van der Waals surface area (Å²) >= 11 is 0. The summed E-state index contributed by atoms with van der Waals surface area (Å²) in [6.45, 7) is 3.60. The fourth-order valence-corrected chi connectivity index (χ4v) is 5.93. The molecule has 2 aliphatic heterocycles. The minimum absolute atomic E-state index is 0. The Morgan fingerprint density at radius 1 is 1.15 bits per heavy atom. The van der Waals surface area contributed by atoms with Crippen LogP contribution in [0.5, 0.6) is 0 Å². The molecule has 4 nitrogen and oxygen atoms in total. The van der Waals surface area contributed by atoms with Crippen molar-refractivity contribution in [2.75, 3.05) is 26.2 Å². The number of aryl methyl sites for hydroxylation is 1. The predicted octanol–water partition coefficient (Wildman–Crippen LogP) is 3.07. The summed E-state index contributed by atoms with van der Waals surface area (Å²) in [5.74, 6) is 0.590. The Morgan fingerprint density at radius 2 is 1.96 bits per heavy atom. The van der Waals surface area contributed by atoms with Crippen LogP contribution in [0, 0.1) is 5.92 Å². The van der Waals surface area contributed by atoms with E-state index in [0.29, 0.717) is 23.5 Å². The van der Waals surface area contributed by atoms with Gasteiger partial charge in [0.25, 0.3) is 0 Å². The van der Waals surface area contributed by atoms with Gasteiger partial charge in [0.15, 0.2) is 0 Å². The maximum Gasteiger partial charge on any atom is 0.225 e. The van der Waals surface area contributed by atoms with Crippen LogP contribution in [0.4, 0.5) is 0 Å². The van der Waals surface area contributed by atoms with Crippen LogP contribution in [-0.4, -0.2) is 49.2 Å². The molecule has 2 heterocycles. The molecule has 3 fully saturated rings. The molecule has 0 radical (unpaired) electrons. The first-order valence-electron chi connectivity index (χ1n) is 10.5. The van der Waals surface area contributed by atoms with Crippen molar-refractivity contribution in [3.63, 3.8) is 0 Å². The number of halogens is 1. The first kappa shape index (κ1) is 19.2. The molecule has 1 saturated carbocycles. The van der Waals surface area contributed by atoms with Crippen LogP contribution in [0.15, 0.2) is 24.3 Å². The first-order valence-corrected chi connectivity index (χ1v) is 10.5. The number of benzene rings is 1. The van der Waals surface area contributed by atoms with Gasteiger partial charge in [0, 0.05) is 31.6 Å². The molecule has 0 unspecified atom stereocenters. The third-order valence-electron chi connectivity index (χ3n) is 7.47. The van der Waals surface area contributed by atoms with E-state index in [4.69, 9.17) is 4.74 Å². The van der Waals surface area contributed by atoms with Crippen molar-refractivity contribution in [3.05, 3.63) is 35.4 Å². The molecule has 1 aromatic rings. The molecule has 5 heteroatoms.